The van der Waals surface area contributed by atoms with Crippen molar-refractivity contribution in [3.8, 4) is 0 Å². The highest BCUT2D eigenvalue weighted by molar-refractivity contribution is 5.86. The Morgan fingerprint density at radius 3 is 2.57 bits per heavy atom. The number of carboxylic acids is 1. The fraction of sp³-hybridized carbons (Fsp3) is 0.444. The van der Waals surface area contributed by atoms with E-state index in [0.717, 1.165) is 23.8 Å². The Morgan fingerprint density at radius 1 is 1.29 bits per heavy atom. The van der Waals surface area contributed by atoms with Gasteiger partial charge in [0.05, 0.1) is 6.42 Å². The number of nitrogens with zero attached hydrogens (tertiary/aromatic N) is 1. The predicted molar refractivity (Wildman–Crippen MR) is 83.6 cm³/mol. The molecule has 0 radical (unpaired) electrons. The van der Waals surface area contributed by atoms with Crippen LogP contribution in [0.1, 0.15) is 51.2 Å². The summed E-state index contributed by atoms with van der Waals surface area (Å²) in [4.78, 5) is 15.4. The Morgan fingerprint density at radius 2 is 2.00 bits per heavy atom. The number of fused-ring (bicyclic) bond motifs is 1. The van der Waals surface area contributed by atoms with Crippen molar-refractivity contribution >= 4 is 16.7 Å². The molecule has 1 saturated carbocycles. The zero-order valence-corrected chi connectivity index (χ0v) is 12.8. The summed E-state index contributed by atoms with van der Waals surface area (Å²) in [5.41, 5.74) is 2.28. The molecule has 0 bridgehead atoms. The first kappa shape index (κ1) is 14.1. The molecule has 1 aromatic heterocycles. The van der Waals surface area contributed by atoms with Crippen molar-refractivity contribution in [1.82, 2.24) is 4.98 Å². The lowest BCUT2D eigenvalue weighted by Gasteiger charge is -2.21. The van der Waals surface area contributed by atoms with Crippen molar-refractivity contribution in [3.63, 3.8) is 0 Å². The van der Waals surface area contributed by atoms with Crippen molar-refractivity contribution in [2.24, 2.45) is 0 Å². The third-order valence-corrected chi connectivity index (χ3v) is 4.52. The number of aromatic nitrogens is 1. The SMILES string of the molecule is CC(C)(C)c1cncc2cc(C3(CC(=O)O)CC3)ccc12. The monoisotopic (exact) mass is 283 g/mol. The number of pyridine rings is 1. The van der Waals surface area contributed by atoms with Crippen LogP contribution in [0.25, 0.3) is 10.8 Å². The van der Waals surface area contributed by atoms with Crippen LogP contribution in [0.2, 0.25) is 0 Å². The van der Waals surface area contributed by atoms with E-state index in [1.165, 1.54) is 10.9 Å². The highest BCUT2D eigenvalue weighted by atomic mass is 16.4. The van der Waals surface area contributed by atoms with Gasteiger partial charge in [-0.15, -0.1) is 0 Å². The number of hydrogen-bond donors (Lipinski definition) is 1. The normalized spacial score (nSPS) is 16.9. The Kier molecular flexibility index (Phi) is 3.05. The average Bonchev–Trinajstić information content (AvgIpc) is 3.16. The minimum atomic E-state index is -0.714. The molecule has 1 aromatic carbocycles. The maximum atomic E-state index is 11.1. The molecule has 1 N–H and O–H groups in total. The van der Waals surface area contributed by atoms with Crippen molar-refractivity contribution in [1.29, 1.82) is 0 Å². The first-order valence-electron chi connectivity index (χ1n) is 7.42. The molecule has 0 amide bonds. The summed E-state index contributed by atoms with van der Waals surface area (Å²) in [5.74, 6) is -0.714. The van der Waals surface area contributed by atoms with E-state index in [-0.39, 0.29) is 17.3 Å². The van der Waals surface area contributed by atoms with Crippen molar-refractivity contribution < 1.29 is 9.90 Å². The second-order valence-corrected chi connectivity index (χ2v) is 7.22. The van der Waals surface area contributed by atoms with Gasteiger partial charge in [-0.05, 0) is 40.8 Å². The summed E-state index contributed by atoms with van der Waals surface area (Å²) >= 11 is 0. The van der Waals surface area contributed by atoms with Crippen LogP contribution in [0.4, 0.5) is 0 Å². The quantitative estimate of drug-likeness (QED) is 0.925. The van der Waals surface area contributed by atoms with Crippen LogP contribution < -0.4 is 0 Å². The molecule has 1 fully saturated rings. The number of carbonyl (C=O) groups is 1. The van der Waals surface area contributed by atoms with Crippen LogP contribution in [0.15, 0.2) is 30.6 Å². The van der Waals surface area contributed by atoms with Gasteiger partial charge in [-0.1, -0.05) is 32.9 Å². The Labute approximate surface area is 125 Å². The molecular formula is C18H21NO2. The molecule has 3 nitrogen and oxygen atoms in total. The lowest BCUT2D eigenvalue weighted by molar-refractivity contribution is -0.137. The van der Waals surface area contributed by atoms with Gasteiger partial charge in [0, 0.05) is 23.2 Å². The predicted octanol–water partition coefficient (Wildman–Crippen LogP) is 4.04. The second kappa shape index (κ2) is 4.55. The Bertz CT molecular complexity index is 709. The first-order chi connectivity index (χ1) is 9.82. The van der Waals surface area contributed by atoms with E-state index < -0.39 is 5.97 Å². The van der Waals surface area contributed by atoms with Gasteiger partial charge in [-0.3, -0.25) is 9.78 Å². The maximum Gasteiger partial charge on any atom is 0.304 e. The molecule has 1 aliphatic carbocycles. The van der Waals surface area contributed by atoms with Crippen LogP contribution in [-0.4, -0.2) is 16.1 Å². The van der Waals surface area contributed by atoms with E-state index in [2.05, 4.69) is 44.0 Å². The summed E-state index contributed by atoms with van der Waals surface area (Å²) in [5, 5.41) is 11.4. The van der Waals surface area contributed by atoms with Crippen molar-refractivity contribution in [2.75, 3.05) is 0 Å². The number of carboxylic acid groups (broad SMARTS) is 1. The van der Waals surface area contributed by atoms with Crippen LogP contribution in [0.5, 0.6) is 0 Å². The largest absolute Gasteiger partial charge is 0.481 e. The average molecular weight is 283 g/mol. The molecule has 0 unspecified atom stereocenters. The minimum absolute atomic E-state index is 0.0480. The van der Waals surface area contributed by atoms with Gasteiger partial charge < -0.3 is 5.11 Å². The zero-order chi connectivity index (χ0) is 15.3. The van der Waals surface area contributed by atoms with Gasteiger partial charge in [-0.2, -0.15) is 0 Å². The Hall–Kier alpha value is -1.90. The molecule has 3 heteroatoms. The standard InChI is InChI=1S/C18H21NO2/c1-17(2,3)15-11-19-10-12-8-13(4-5-14(12)15)18(6-7-18)9-16(20)21/h4-5,8,10-11H,6-7,9H2,1-3H3,(H,20,21). The number of benzene rings is 1. The van der Waals surface area contributed by atoms with Gasteiger partial charge in [0.2, 0.25) is 0 Å². The smallest absolute Gasteiger partial charge is 0.304 e. The van der Waals surface area contributed by atoms with E-state index in [0.29, 0.717) is 0 Å². The van der Waals surface area contributed by atoms with E-state index >= 15 is 0 Å². The molecule has 3 rings (SSSR count). The zero-order valence-electron chi connectivity index (χ0n) is 12.8. The molecule has 0 saturated heterocycles. The van der Waals surface area contributed by atoms with Crippen molar-refractivity contribution in [2.45, 2.75) is 50.9 Å². The van der Waals surface area contributed by atoms with E-state index in [1.54, 1.807) is 0 Å². The van der Waals surface area contributed by atoms with Crippen molar-refractivity contribution in [3.05, 3.63) is 41.7 Å². The van der Waals surface area contributed by atoms with E-state index in [1.807, 2.05) is 12.4 Å². The summed E-state index contributed by atoms with van der Waals surface area (Å²) in [6.45, 7) is 6.55. The summed E-state index contributed by atoms with van der Waals surface area (Å²) in [7, 11) is 0. The fourth-order valence-electron chi connectivity index (χ4n) is 3.11. The minimum Gasteiger partial charge on any atom is -0.481 e. The van der Waals surface area contributed by atoms with E-state index in [4.69, 9.17) is 5.11 Å². The molecule has 110 valence electrons. The van der Waals surface area contributed by atoms with Gasteiger partial charge >= 0.3 is 5.97 Å². The van der Waals surface area contributed by atoms with Crippen LogP contribution in [0.3, 0.4) is 0 Å². The van der Waals surface area contributed by atoms with Gasteiger partial charge in [0.1, 0.15) is 0 Å². The second-order valence-electron chi connectivity index (χ2n) is 7.22. The summed E-state index contributed by atoms with van der Waals surface area (Å²) in [6, 6.07) is 6.37. The third-order valence-electron chi connectivity index (χ3n) is 4.52. The molecule has 0 spiro atoms. The Balaban J connectivity index is 2.08. The van der Waals surface area contributed by atoms with Crippen LogP contribution in [-0.2, 0) is 15.6 Å². The van der Waals surface area contributed by atoms with Crippen LogP contribution >= 0.6 is 0 Å². The number of aliphatic carboxylic acids is 1. The number of rotatable bonds is 3. The molecule has 0 atom stereocenters. The van der Waals surface area contributed by atoms with Gasteiger partial charge in [-0.25, -0.2) is 0 Å². The highest BCUT2D eigenvalue weighted by Gasteiger charge is 2.46. The van der Waals surface area contributed by atoms with Gasteiger partial charge in [0.15, 0.2) is 0 Å². The lowest BCUT2D eigenvalue weighted by atomic mass is 9.83. The maximum absolute atomic E-state index is 11.1. The fourth-order valence-corrected chi connectivity index (χ4v) is 3.11. The number of hydrogen-bond acceptors (Lipinski definition) is 2. The summed E-state index contributed by atoms with van der Waals surface area (Å²) in [6.07, 6.45) is 5.98. The lowest BCUT2D eigenvalue weighted by Crippen LogP contribution is -2.14. The summed E-state index contributed by atoms with van der Waals surface area (Å²) < 4.78 is 0. The third kappa shape index (κ3) is 2.53. The first-order valence-corrected chi connectivity index (χ1v) is 7.42. The van der Waals surface area contributed by atoms with Crippen LogP contribution in [0, 0.1) is 0 Å². The van der Waals surface area contributed by atoms with Gasteiger partial charge in [0.25, 0.3) is 0 Å². The molecular weight excluding hydrogens is 262 g/mol. The molecule has 0 aliphatic heterocycles. The molecule has 2 aromatic rings. The molecule has 1 heterocycles. The molecule has 1 aliphatic rings. The highest BCUT2D eigenvalue weighted by Crippen LogP contribution is 2.51. The topological polar surface area (TPSA) is 50.2 Å². The van der Waals surface area contributed by atoms with E-state index in [9.17, 15) is 4.79 Å². The molecule has 21 heavy (non-hydrogen) atoms.